The zero-order valence-electron chi connectivity index (χ0n) is 12.3. The number of oxime groups is 1. The molecule has 0 aliphatic rings. The Hall–Kier alpha value is -1.62. The van der Waals surface area contributed by atoms with Crippen LogP contribution >= 0.6 is 12.9 Å². The second-order valence-electron chi connectivity index (χ2n) is 4.27. The lowest BCUT2D eigenvalue weighted by molar-refractivity contribution is -0.113. The Morgan fingerprint density at radius 2 is 2.00 bits per heavy atom. The molecule has 0 spiro atoms. The summed E-state index contributed by atoms with van der Waals surface area (Å²) in [6, 6.07) is 6.72. The van der Waals surface area contributed by atoms with Crippen molar-refractivity contribution in [3.63, 3.8) is 0 Å². The van der Waals surface area contributed by atoms with Gasteiger partial charge >= 0.3 is 10.2 Å². The standard InChI is InChI=1S/C12H17N3O5S2/c1-15(2)22(17,18)14-12(16)11(13-19-3)10-7-5-4-6-9(10)8-20-21/h4-7,21H,8H2,1-3H3,(H,14,16)/b13-11+. The van der Waals surface area contributed by atoms with Crippen LogP contribution < -0.4 is 4.72 Å². The minimum Gasteiger partial charge on any atom is -0.398 e. The lowest BCUT2D eigenvalue weighted by Crippen LogP contribution is -2.43. The highest BCUT2D eigenvalue weighted by Gasteiger charge is 2.24. The molecule has 0 aromatic heterocycles. The normalized spacial score (nSPS) is 12.3. The van der Waals surface area contributed by atoms with E-state index >= 15 is 0 Å². The maximum absolute atomic E-state index is 12.2. The summed E-state index contributed by atoms with van der Waals surface area (Å²) in [4.78, 5) is 16.9. The first-order valence-corrected chi connectivity index (χ1v) is 7.84. The molecule has 1 amide bonds. The van der Waals surface area contributed by atoms with Gasteiger partial charge < -0.3 is 9.02 Å². The quantitative estimate of drug-likeness (QED) is 0.320. The molecule has 0 aliphatic carbocycles. The van der Waals surface area contributed by atoms with E-state index in [0.29, 0.717) is 11.1 Å². The van der Waals surface area contributed by atoms with E-state index in [4.69, 9.17) is 4.18 Å². The van der Waals surface area contributed by atoms with E-state index in [2.05, 4.69) is 22.9 Å². The van der Waals surface area contributed by atoms with Crippen LogP contribution in [0.2, 0.25) is 0 Å². The van der Waals surface area contributed by atoms with Gasteiger partial charge in [-0.3, -0.25) is 4.79 Å². The smallest absolute Gasteiger partial charge is 0.303 e. The van der Waals surface area contributed by atoms with Gasteiger partial charge in [-0.25, -0.2) is 4.72 Å². The second-order valence-corrected chi connectivity index (χ2v) is 6.41. The van der Waals surface area contributed by atoms with Crippen LogP contribution in [0.1, 0.15) is 11.1 Å². The van der Waals surface area contributed by atoms with Crippen LogP contribution in [0, 0.1) is 0 Å². The van der Waals surface area contributed by atoms with Crippen LogP contribution in [0.15, 0.2) is 29.4 Å². The predicted molar refractivity (Wildman–Crippen MR) is 84.5 cm³/mol. The van der Waals surface area contributed by atoms with Crippen LogP contribution in [-0.4, -0.2) is 45.5 Å². The number of thiol groups is 1. The number of hydrogen-bond donors (Lipinski definition) is 2. The minimum absolute atomic E-state index is 0.107. The highest BCUT2D eigenvalue weighted by atomic mass is 32.2. The van der Waals surface area contributed by atoms with E-state index in [9.17, 15) is 13.2 Å². The fourth-order valence-corrected chi connectivity index (χ4v) is 2.16. The number of amides is 1. The molecule has 0 atom stereocenters. The average molecular weight is 347 g/mol. The van der Waals surface area contributed by atoms with E-state index in [1.165, 1.54) is 21.2 Å². The van der Waals surface area contributed by atoms with Gasteiger partial charge in [-0.15, -0.1) is 0 Å². The molecule has 0 radical (unpaired) electrons. The van der Waals surface area contributed by atoms with Crippen molar-refractivity contribution >= 4 is 34.7 Å². The maximum Gasteiger partial charge on any atom is 0.303 e. The third-order valence-corrected chi connectivity index (χ3v) is 4.13. The summed E-state index contributed by atoms with van der Waals surface area (Å²) in [5.74, 6) is -0.915. The highest BCUT2D eigenvalue weighted by Crippen LogP contribution is 2.13. The molecule has 22 heavy (non-hydrogen) atoms. The van der Waals surface area contributed by atoms with Crippen LogP contribution in [0.3, 0.4) is 0 Å². The van der Waals surface area contributed by atoms with E-state index < -0.39 is 16.1 Å². The van der Waals surface area contributed by atoms with Gasteiger partial charge in [0, 0.05) is 19.7 Å². The summed E-state index contributed by atoms with van der Waals surface area (Å²) in [5, 5.41) is 3.62. The molecular weight excluding hydrogens is 330 g/mol. The number of nitrogens with zero attached hydrogens (tertiary/aromatic N) is 2. The number of benzene rings is 1. The van der Waals surface area contributed by atoms with E-state index in [0.717, 1.165) is 4.31 Å². The summed E-state index contributed by atoms with van der Waals surface area (Å²) >= 11 is 3.67. The minimum atomic E-state index is -3.94. The topological polar surface area (TPSA) is 97.3 Å². The van der Waals surface area contributed by atoms with Crippen LogP contribution in [-0.2, 0) is 30.6 Å². The Morgan fingerprint density at radius 1 is 1.36 bits per heavy atom. The van der Waals surface area contributed by atoms with Crippen molar-refractivity contribution in [3.05, 3.63) is 35.4 Å². The van der Waals surface area contributed by atoms with Gasteiger partial charge in [0.1, 0.15) is 7.11 Å². The largest absolute Gasteiger partial charge is 0.398 e. The summed E-state index contributed by atoms with van der Waals surface area (Å²) < 4.78 is 31.0. The molecule has 0 heterocycles. The summed E-state index contributed by atoms with van der Waals surface area (Å²) in [7, 11) is -0.0933. The van der Waals surface area contributed by atoms with Crippen molar-refractivity contribution in [1.82, 2.24) is 9.03 Å². The van der Waals surface area contributed by atoms with E-state index in [-0.39, 0.29) is 12.3 Å². The van der Waals surface area contributed by atoms with Crippen molar-refractivity contribution in [3.8, 4) is 0 Å². The number of carbonyl (C=O) groups is 1. The molecule has 0 unspecified atom stereocenters. The first kappa shape index (κ1) is 18.4. The third kappa shape index (κ3) is 4.70. The number of rotatable bonds is 7. The van der Waals surface area contributed by atoms with Crippen molar-refractivity contribution in [1.29, 1.82) is 0 Å². The molecule has 0 aliphatic heterocycles. The molecule has 0 fully saturated rings. The zero-order chi connectivity index (χ0) is 16.8. The van der Waals surface area contributed by atoms with Crippen molar-refractivity contribution in [2.45, 2.75) is 6.61 Å². The van der Waals surface area contributed by atoms with Crippen LogP contribution in [0.25, 0.3) is 0 Å². The molecule has 0 bridgehead atoms. The molecular formula is C12H17N3O5S2. The number of carbonyl (C=O) groups excluding carboxylic acids is 1. The molecule has 1 aromatic rings. The molecule has 0 saturated heterocycles. The Bertz CT molecular complexity index is 658. The third-order valence-electron chi connectivity index (χ3n) is 2.59. The zero-order valence-corrected chi connectivity index (χ0v) is 14.0. The van der Waals surface area contributed by atoms with Gasteiger partial charge in [0.2, 0.25) is 0 Å². The maximum atomic E-state index is 12.2. The Labute approximate surface area is 134 Å². The molecule has 1 N–H and O–H groups in total. The first-order chi connectivity index (χ1) is 10.3. The van der Waals surface area contributed by atoms with Crippen molar-refractivity contribution in [2.24, 2.45) is 5.16 Å². The lowest BCUT2D eigenvalue weighted by Gasteiger charge is -2.14. The Kier molecular flexibility index (Phi) is 6.81. The van der Waals surface area contributed by atoms with Gasteiger partial charge in [0.05, 0.1) is 6.61 Å². The van der Waals surface area contributed by atoms with Crippen LogP contribution in [0.4, 0.5) is 0 Å². The van der Waals surface area contributed by atoms with Gasteiger partial charge in [0.25, 0.3) is 5.91 Å². The molecule has 122 valence electrons. The van der Waals surface area contributed by atoms with Gasteiger partial charge in [0.15, 0.2) is 5.71 Å². The average Bonchev–Trinajstić information content (AvgIpc) is 2.45. The molecule has 1 aromatic carbocycles. The van der Waals surface area contributed by atoms with Gasteiger partial charge in [-0.05, 0) is 18.5 Å². The van der Waals surface area contributed by atoms with Gasteiger partial charge in [-0.1, -0.05) is 29.4 Å². The molecule has 10 heteroatoms. The highest BCUT2D eigenvalue weighted by molar-refractivity contribution is 7.87. The molecule has 0 saturated carbocycles. The van der Waals surface area contributed by atoms with Crippen molar-refractivity contribution < 1.29 is 22.2 Å². The van der Waals surface area contributed by atoms with Gasteiger partial charge in [-0.2, -0.15) is 12.7 Å². The molecule has 1 rings (SSSR count). The summed E-state index contributed by atoms with van der Waals surface area (Å²) in [5.41, 5.74) is 0.796. The van der Waals surface area contributed by atoms with Crippen LogP contribution in [0.5, 0.6) is 0 Å². The Morgan fingerprint density at radius 3 is 2.55 bits per heavy atom. The SMILES string of the molecule is CO/N=C(/C(=O)NS(=O)(=O)N(C)C)c1ccccc1COS. The summed E-state index contributed by atoms with van der Waals surface area (Å²) in [6.07, 6.45) is 0. The molecule has 8 nitrogen and oxygen atoms in total. The van der Waals surface area contributed by atoms with E-state index in [1.807, 2.05) is 4.72 Å². The second kappa shape index (κ2) is 8.13. The lowest BCUT2D eigenvalue weighted by atomic mass is 10.0. The Balaban J connectivity index is 3.21. The number of nitrogens with one attached hydrogen (secondary N) is 1. The fraction of sp³-hybridized carbons (Fsp3) is 0.333. The first-order valence-electron chi connectivity index (χ1n) is 6.04. The van der Waals surface area contributed by atoms with Crippen molar-refractivity contribution in [2.75, 3.05) is 21.2 Å². The predicted octanol–water partition coefficient (Wildman–Crippen LogP) is 0.321. The van der Waals surface area contributed by atoms with E-state index in [1.54, 1.807) is 24.3 Å². The fourth-order valence-electron chi connectivity index (χ4n) is 1.51. The number of hydrogen-bond acceptors (Lipinski definition) is 7. The summed E-state index contributed by atoms with van der Waals surface area (Å²) in [6.45, 7) is 0.107. The monoisotopic (exact) mass is 347 g/mol.